The second kappa shape index (κ2) is 4.82. The van der Waals surface area contributed by atoms with E-state index >= 15 is 0 Å². The summed E-state index contributed by atoms with van der Waals surface area (Å²) in [5.41, 5.74) is 10.7. The third-order valence-electron chi connectivity index (χ3n) is 2.96. The SMILES string of the molecule is Cc1ccc(-c2csc(-c3ccccn3)n2)cc1N. The van der Waals surface area contributed by atoms with Gasteiger partial charge >= 0.3 is 0 Å². The van der Waals surface area contributed by atoms with Crippen LogP contribution < -0.4 is 5.73 Å². The van der Waals surface area contributed by atoms with Gasteiger partial charge in [-0.3, -0.25) is 4.98 Å². The van der Waals surface area contributed by atoms with Crippen LogP contribution in [-0.4, -0.2) is 9.97 Å². The summed E-state index contributed by atoms with van der Waals surface area (Å²) in [7, 11) is 0. The zero-order valence-corrected chi connectivity index (χ0v) is 11.3. The van der Waals surface area contributed by atoms with Gasteiger partial charge in [-0.2, -0.15) is 0 Å². The Balaban J connectivity index is 1.99. The van der Waals surface area contributed by atoms with Crippen molar-refractivity contribution in [3.63, 3.8) is 0 Å². The van der Waals surface area contributed by atoms with Gasteiger partial charge in [0.15, 0.2) is 0 Å². The molecule has 0 saturated heterocycles. The lowest BCUT2D eigenvalue weighted by molar-refractivity contribution is 1.29. The largest absolute Gasteiger partial charge is 0.398 e. The number of hydrogen-bond donors (Lipinski definition) is 1. The molecule has 0 radical (unpaired) electrons. The summed E-state index contributed by atoms with van der Waals surface area (Å²) in [5.74, 6) is 0. The summed E-state index contributed by atoms with van der Waals surface area (Å²) in [6, 6.07) is 11.9. The molecule has 0 atom stereocenters. The maximum Gasteiger partial charge on any atom is 0.142 e. The average Bonchev–Trinajstić information content (AvgIpc) is 2.93. The summed E-state index contributed by atoms with van der Waals surface area (Å²) in [4.78, 5) is 8.93. The van der Waals surface area contributed by atoms with Gasteiger partial charge in [-0.05, 0) is 30.7 Å². The minimum absolute atomic E-state index is 0.796. The molecular formula is C15H13N3S. The quantitative estimate of drug-likeness (QED) is 0.719. The van der Waals surface area contributed by atoms with Crippen molar-refractivity contribution in [1.29, 1.82) is 0 Å². The molecule has 3 nitrogen and oxygen atoms in total. The number of aromatic nitrogens is 2. The lowest BCUT2D eigenvalue weighted by atomic mass is 10.1. The smallest absolute Gasteiger partial charge is 0.142 e. The van der Waals surface area contributed by atoms with E-state index in [4.69, 9.17) is 5.73 Å². The van der Waals surface area contributed by atoms with Crippen molar-refractivity contribution in [2.24, 2.45) is 0 Å². The van der Waals surface area contributed by atoms with Gasteiger partial charge in [-0.15, -0.1) is 11.3 Å². The highest BCUT2D eigenvalue weighted by atomic mass is 32.1. The fourth-order valence-corrected chi connectivity index (χ4v) is 2.62. The summed E-state index contributed by atoms with van der Waals surface area (Å²) in [6.45, 7) is 2.00. The molecule has 94 valence electrons. The van der Waals surface area contributed by atoms with Gasteiger partial charge in [-0.25, -0.2) is 4.98 Å². The lowest BCUT2D eigenvalue weighted by Gasteiger charge is -2.02. The van der Waals surface area contributed by atoms with Crippen LogP contribution in [-0.2, 0) is 0 Å². The Hall–Kier alpha value is -2.20. The Morgan fingerprint density at radius 1 is 1.11 bits per heavy atom. The topological polar surface area (TPSA) is 51.8 Å². The van der Waals surface area contributed by atoms with Crippen LogP contribution in [0.25, 0.3) is 22.0 Å². The van der Waals surface area contributed by atoms with Crippen LogP contribution in [0.3, 0.4) is 0 Å². The maximum absolute atomic E-state index is 5.94. The summed E-state index contributed by atoms with van der Waals surface area (Å²) in [5, 5.41) is 2.96. The molecule has 2 heterocycles. The van der Waals surface area contributed by atoms with Gasteiger partial charge in [0.25, 0.3) is 0 Å². The van der Waals surface area contributed by atoms with Gasteiger partial charge in [-0.1, -0.05) is 18.2 Å². The fraction of sp³-hybridized carbons (Fsp3) is 0.0667. The molecule has 0 spiro atoms. The normalized spacial score (nSPS) is 10.6. The molecule has 2 aromatic heterocycles. The summed E-state index contributed by atoms with van der Waals surface area (Å²) < 4.78 is 0. The lowest BCUT2D eigenvalue weighted by Crippen LogP contribution is -1.90. The zero-order valence-electron chi connectivity index (χ0n) is 10.5. The van der Waals surface area contributed by atoms with Gasteiger partial charge < -0.3 is 5.73 Å². The van der Waals surface area contributed by atoms with E-state index < -0.39 is 0 Å². The zero-order chi connectivity index (χ0) is 13.2. The average molecular weight is 267 g/mol. The number of aryl methyl sites for hydroxylation is 1. The third kappa shape index (κ3) is 2.35. The molecule has 0 fully saturated rings. The second-order valence-corrected chi connectivity index (χ2v) is 5.18. The van der Waals surface area contributed by atoms with Crippen LogP contribution in [0.15, 0.2) is 48.0 Å². The highest BCUT2D eigenvalue weighted by Crippen LogP contribution is 2.29. The second-order valence-electron chi connectivity index (χ2n) is 4.32. The Morgan fingerprint density at radius 3 is 2.74 bits per heavy atom. The van der Waals surface area contributed by atoms with Crippen molar-refractivity contribution in [3.8, 4) is 22.0 Å². The molecule has 0 aliphatic heterocycles. The van der Waals surface area contributed by atoms with E-state index in [9.17, 15) is 0 Å². The van der Waals surface area contributed by atoms with E-state index in [0.29, 0.717) is 0 Å². The van der Waals surface area contributed by atoms with Crippen LogP contribution in [0.2, 0.25) is 0 Å². The molecule has 3 aromatic rings. The van der Waals surface area contributed by atoms with Crippen LogP contribution in [0, 0.1) is 6.92 Å². The third-order valence-corrected chi connectivity index (χ3v) is 3.83. The first kappa shape index (κ1) is 11.9. The molecule has 0 aliphatic carbocycles. The van der Waals surface area contributed by atoms with Crippen molar-refractivity contribution in [1.82, 2.24) is 9.97 Å². The highest BCUT2D eigenvalue weighted by Gasteiger charge is 2.08. The first-order valence-corrected chi connectivity index (χ1v) is 6.85. The Labute approximate surface area is 115 Å². The maximum atomic E-state index is 5.94. The number of anilines is 1. The molecule has 0 aliphatic rings. The first-order chi connectivity index (χ1) is 9.24. The molecule has 3 rings (SSSR count). The molecule has 0 amide bonds. The van der Waals surface area contributed by atoms with Crippen LogP contribution >= 0.6 is 11.3 Å². The fourth-order valence-electron chi connectivity index (χ4n) is 1.81. The van der Waals surface area contributed by atoms with Crippen molar-refractivity contribution < 1.29 is 0 Å². The number of nitrogens with zero attached hydrogens (tertiary/aromatic N) is 2. The number of benzene rings is 1. The van der Waals surface area contributed by atoms with Crippen LogP contribution in [0.4, 0.5) is 5.69 Å². The molecule has 0 unspecified atom stereocenters. The van der Waals surface area contributed by atoms with Gasteiger partial charge in [0.2, 0.25) is 0 Å². The van der Waals surface area contributed by atoms with Gasteiger partial charge in [0.1, 0.15) is 5.01 Å². The standard InChI is InChI=1S/C15H13N3S/c1-10-5-6-11(8-12(10)16)14-9-19-15(18-14)13-4-2-3-7-17-13/h2-9H,16H2,1H3. The number of hydrogen-bond acceptors (Lipinski definition) is 4. The Kier molecular flexibility index (Phi) is 3.01. The predicted octanol–water partition coefficient (Wildman–Crippen LogP) is 3.76. The van der Waals surface area contributed by atoms with E-state index in [1.165, 1.54) is 0 Å². The molecule has 4 heteroatoms. The van der Waals surface area contributed by atoms with E-state index in [1.54, 1.807) is 17.5 Å². The van der Waals surface area contributed by atoms with Crippen molar-refractivity contribution in [2.45, 2.75) is 6.92 Å². The van der Waals surface area contributed by atoms with E-state index in [2.05, 4.69) is 9.97 Å². The summed E-state index contributed by atoms with van der Waals surface area (Å²) >= 11 is 1.59. The highest BCUT2D eigenvalue weighted by molar-refractivity contribution is 7.13. The number of nitrogen functional groups attached to an aromatic ring is 1. The Morgan fingerprint density at radius 2 is 2.00 bits per heavy atom. The van der Waals surface area contributed by atoms with Crippen LogP contribution in [0.5, 0.6) is 0 Å². The van der Waals surface area contributed by atoms with Crippen molar-refractivity contribution >= 4 is 17.0 Å². The van der Waals surface area contributed by atoms with E-state index in [0.717, 1.165) is 33.2 Å². The number of pyridine rings is 1. The minimum atomic E-state index is 0.796. The molecule has 0 bridgehead atoms. The minimum Gasteiger partial charge on any atom is -0.398 e. The van der Waals surface area contributed by atoms with Gasteiger partial charge in [0, 0.05) is 22.8 Å². The molecule has 19 heavy (non-hydrogen) atoms. The van der Waals surface area contributed by atoms with Crippen molar-refractivity contribution in [2.75, 3.05) is 5.73 Å². The first-order valence-electron chi connectivity index (χ1n) is 5.97. The Bertz CT molecular complexity index is 704. The number of rotatable bonds is 2. The molecule has 2 N–H and O–H groups in total. The van der Waals surface area contributed by atoms with Gasteiger partial charge in [0.05, 0.1) is 11.4 Å². The number of thiazole rings is 1. The summed E-state index contributed by atoms with van der Waals surface area (Å²) in [6.07, 6.45) is 1.78. The molecule has 1 aromatic carbocycles. The molecular weight excluding hydrogens is 254 g/mol. The van der Waals surface area contributed by atoms with Crippen molar-refractivity contribution in [3.05, 3.63) is 53.5 Å². The van der Waals surface area contributed by atoms with E-state index in [-0.39, 0.29) is 0 Å². The molecule has 0 saturated carbocycles. The monoisotopic (exact) mass is 267 g/mol. The predicted molar refractivity (Wildman–Crippen MR) is 79.9 cm³/mol. The van der Waals surface area contributed by atoms with Crippen LogP contribution in [0.1, 0.15) is 5.56 Å². The number of nitrogens with two attached hydrogens (primary N) is 1. The van der Waals surface area contributed by atoms with E-state index in [1.807, 2.05) is 48.7 Å².